The summed E-state index contributed by atoms with van der Waals surface area (Å²) in [5.74, 6) is 0. The smallest absolute Gasteiger partial charge is 0.0333 e. The van der Waals surface area contributed by atoms with Crippen molar-refractivity contribution in [2.45, 2.75) is 45.3 Å². The zero-order valence-corrected chi connectivity index (χ0v) is 11.1. The third kappa shape index (κ3) is 3.06. The molecule has 0 unspecified atom stereocenters. The summed E-state index contributed by atoms with van der Waals surface area (Å²) in [6, 6.07) is 5.82. The molecule has 1 N–H and O–H groups in total. The van der Waals surface area contributed by atoms with Crippen LogP contribution in [-0.4, -0.2) is 30.1 Å². The Labute approximate surface area is 103 Å². The van der Waals surface area contributed by atoms with Gasteiger partial charge in [0.1, 0.15) is 0 Å². The zero-order chi connectivity index (χ0) is 11.4. The minimum Gasteiger partial charge on any atom is -0.317 e. The van der Waals surface area contributed by atoms with Gasteiger partial charge in [-0.1, -0.05) is 6.07 Å². The van der Waals surface area contributed by atoms with Gasteiger partial charge in [0.2, 0.25) is 0 Å². The maximum atomic E-state index is 3.44. The molecule has 2 nitrogen and oxygen atoms in total. The lowest BCUT2D eigenvalue weighted by atomic mass is 10.0. The SMILES string of the molecule is CC(C)N(Cc1cccs1)C1CCNCC1. The molecule has 1 aromatic heterocycles. The van der Waals surface area contributed by atoms with Crippen molar-refractivity contribution in [1.29, 1.82) is 0 Å². The molecule has 1 fully saturated rings. The third-order valence-electron chi connectivity index (χ3n) is 3.36. The van der Waals surface area contributed by atoms with Gasteiger partial charge in [-0.15, -0.1) is 11.3 Å². The quantitative estimate of drug-likeness (QED) is 0.867. The molecule has 0 amide bonds. The molecule has 0 aromatic carbocycles. The number of thiophene rings is 1. The summed E-state index contributed by atoms with van der Waals surface area (Å²) in [6.07, 6.45) is 2.59. The molecule has 1 aromatic rings. The van der Waals surface area contributed by atoms with Crippen molar-refractivity contribution >= 4 is 11.3 Å². The molecule has 90 valence electrons. The van der Waals surface area contributed by atoms with E-state index in [0.29, 0.717) is 6.04 Å². The number of piperidine rings is 1. The second-order valence-electron chi connectivity index (χ2n) is 4.83. The van der Waals surface area contributed by atoms with Crippen LogP contribution < -0.4 is 5.32 Å². The van der Waals surface area contributed by atoms with Crippen molar-refractivity contribution in [2.75, 3.05) is 13.1 Å². The van der Waals surface area contributed by atoms with E-state index in [0.717, 1.165) is 12.6 Å². The maximum absolute atomic E-state index is 3.44. The molecule has 1 aliphatic heterocycles. The predicted molar refractivity (Wildman–Crippen MR) is 70.9 cm³/mol. The molecular weight excluding hydrogens is 216 g/mol. The van der Waals surface area contributed by atoms with Gasteiger partial charge < -0.3 is 5.32 Å². The van der Waals surface area contributed by atoms with Crippen molar-refractivity contribution in [2.24, 2.45) is 0 Å². The van der Waals surface area contributed by atoms with Gasteiger partial charge in [-0.2, -0.15) is 0 Å². The number of hydrogen-bond acceptors (Lipinski definition) is 3. The van der Waals surface area contributed by atoms with E-state index in [1.807, 2.05) is 11.3 Å². The van der Waals surface area contributed by atoms with Crippen LogP contribution in [0, 0.1) is 0 Å². The Morgan fingerprint density at radius 1 is 1.44 bits per heavy atom. The molecule has 0 spiro atoms. The summed E-state index contributed by atoms with van der Waals surface area (Å²) in [5.41, 5.74) is 0. The molecule has 3 heteroatoms. The molecule has 2 heterocycles. The molecule has 0 radical (unpaired) electrons. The minimum absolute atomic E-state index is 0.644. The first-order valence-corrected chi connectivity index (χ1v) is 7.14. The van der Waals surface area contributed by atoms with Crippen molar-refractivity contribution < 1.29 is 0 Å². The van der Waals surface area contributed by atoms with Gasteiger partial charge in [-0.05, 0) is 51.2 Å². The van der Waals surface area contributed by atoms with E-state index in [2.05, 4.69) is 41.6 Å². The van der Waals surface area contributed by atoms with E-state index in [1.54, 1.807) is 0 Å². The Hall–Kier alpha value is -0.380. The van der Waals surface area contributed by atoms with Gasteiger partial charge in [-0.3, -0.25) is 4.90 Å². The largest absolute Gasteiger partial charge is 0.317 e. The normalized spacial score (nSPS) is 18.5. The second-order valence-corrected chi connectivity index (χ2v) is 5.86. The van der Waals surface area contributed by atoms with Crippen molar-refractivity contribution in [3.8, 4) is 0 Å². The van der Waals surface area contributed by atoms with E-state index in [9.17, 15) is 0 Å². The Kier molecular flexibility index (Phi) is 4.38. The van der Waals surface area contributed by atoms with E-state index in [4.69, 9.17) is 0 Å². The highest BCUT2D eigenvalue weighted by atomic mass is 32.1. The lowest BCUT2D eigenvalue weighted by molar-refractivity contribution is 0.118. The average molecular weight is 238 g/mol. The van der Waals surface area contributed by atoms with Crippen LogP contribution in [0.2, 0.25) is 0 Å². The van der Waals surface area contributed by atoms with E-state index < -0.39 is 0 Å². The summed E-state index contributed by atoms with van der Waals surface area (Å²) in [7, 11) is 0. The van der Waals surface area contributed by atoms with Gasteiger partial charge in [-0.25, -0.2) is 0 Å². The van der Waals surface area contributed by atoms with Gasteiger partial charge in [0.05, 0.1) is 0 Å². The Morgan fingerprint density at radius 3 is 2.75 bits per heavy atom. The molecule has 1 saturated heterocycles. The Bertz CT molecular complexity index is 289. The summed E-state index contributed by atoms with van der Waals surface area (Å²) in [5, 5.41) is 5.62. The zero-order valence-electron chi connectivity index (χ0n) is 10.3. The van der Waals surface area contributed by atoms with Crippen molar-refractivity contribution in [3.05, 3.63) is 22.4 Å². The fraction of sp³-hybridized carbons (Fsp3) is 0.692. The van der Waals surface area contributed by atoms with Crippen LogP contribution in [0.25, 0.3) is 0 Å². The fourth-order valence-electron chi connectivity index (χ4n) is 2.45. The summed E-state index contributed by atoms with van der Waals surface area (Å²) < 4.78 is 0. The van der Waals surface area contributed by atoms with E-state index in [1.165, 1.54) is 30.8 Å². The lowest BCUT2D eigenvalue weighted by Gasteiger charge is -2.37. The fourth-order valence-corrected chi connectivity index (χ4v) is 3.17. The first-order valence-electron chi connectivity index (χ1n) is 6.26. The first-order chi connectivity index (χ1) is 7.77. The average Bonchev–Trinajstić information content (AvgIpc) is 2.79. The predicted octanol–water partition coefficient (Wildman–Crippen LogP) is 2.71. The minimum atomic E-state index is 0.644. The van der Waals surface area contributed by atoms with Gasteiger partial charge >= 0.3 is 0 Å². The van der Waals surface area contributed by atoms with Gasteiger partial charge in [0, 0.05) is 23.5 Å². The third-order valence-corrected chi connectivity index (χ3v) is 4.22. The second kappa shape index (κ2) is 5.80. The number of nitrogens with zero attached hydrogens (tertiary/aromatic N) is 1. The molecule has 16 heavy (non-hydrogen) atoms. The molecular formula is C13H22N2S. The highest BCUT2D eigenvalue weighted by molar-refractivity contribution is 7.09. The highest BCUT2D eigenvalue weighted by Crippen LogP contribution is 2.20. The van der Waals surface area contributed by atoms with Crippen LogP contribution in [0.15, 0.2) is 17.5 Å². The molecule has 0 bridgehead atoms. The maximum Gasteiger partial charge on any atom is 0.0333 e. The van der Waals surface area contributed by atoms with Crippen LogP contribution in [-0.2, 0) is 6.54 Å². The van der Waals surface area contributed by atoms with Crippen LogP contribution in [0.5, 0.6) is 0 Å². The van der Waals surface area contributed by atoms with Crippen LogP contribution >= 0.6 is 11.3 Å². The molecule has 0 aliphatic carbocycles. The number of nitrogens with one attached hydrogen (secondary N) is 1. The summed E-state index contributed by atoms with van der Waals surface area (Å²) in [4.78, 5) is 4.15. The first kappa shape index (κ1) is 12.1. The van der Waals surface area contributed by atoms with Crippen molar-refractivity contribution in [1.82, 2.24) is 10.2 Å². The molecule has 2 rings (SSSR count). The van der Waals surface area contributed by atoms with Gasteiger partial charge in [0.15, 0.2) is 0 Å². The van der Waals surface area contributed by atoms with Crippen LogP contribution in [0.1, 0.15) is 31.6 Å². The van der Waals surface area contributed by atoms with Crippen molar-refractivity contribution in [3.63, 3.8) is 0 Å². The van der Waals surface area contributed by atoms with E-state index in [-0.39, 0.29) is 0 Å². The van der Waals surface area contributed by atoms with Crippen LogP contribution in [0.3, 0.4) is 0 Å². The molecule has 0 atom stereocenters. The van der Waals surface area contributed by atoms with Crippen LogP contribution in [0.4, 0.5) is 0 Å². The molecule has 1 aliphatic rings. The summed E-state index contributed by atoms with van der Waals surface area (Å²) >= 11 is 1.88. The highest BCUT2D eigenvalue weighted by Gasteiger charge is 2.23. The number of rotatable bonds is 4. The Balaban J connectivity index is 1.98. The van der Waals surface area contributed by atoms with Gasteiger partial charge in [0.25, 0.3) is 0 Å². The van der Waals surface area contributed by atoms with E-state index >= 15 is 0 Å². The monoisotopic (exact) mass is 238 g/mol. The number of hydrogen-bond donors (Lipinski definition) is 1. The Morgan fingerprint density at radius 2 is 2.19 bits per heavy atom. The lowest BCUT2D eigenvalue weighted by Crippen LogP contribution is -2.45. The standard InChI is InChI=1S/C13H22N2S/c1-11(2)15(10-13-4-3-9-16-13)12-5-7-14-8-6-12/h3-4,9,11-12,14H,5-8,10H2,1-2H3. The molecule has 0 saturated carbocycles. The topological polar surface area (TPSA) is 15.3 Å². The summed E-state index contributed by atoms with van der Waals surface area (Å²) in [6.45, 7) is 8.11.